The molecule has 10 nitrogen and oxygen atoms in total. The van der Waals surface area contributed by atoms with Crippen LogP contribution in [-0.2, 0) is 18.4 Å². The van der Waals surface area contributed by atoms with Crippen molar-refractivity contribution in [2.45, 2.75) is 59.5 Å². The number of anilines is 1. The van der Waals surface area contributed by atoms with Crippen molar-refractivity contribution in [3.8, 4) is 33.6 Å². The Balaban J connectivity index is 1.40. The second-order valence-electron chi connectivity index (χ2n) is 12.3. The van der Waals surface area contributed by atoms with E-state index in [2.05, 4.69) is 47.6 Å². The molecule has 1 aliphatic heterocycles. The lowest BCUT2D eigenvalue weighted by molar-refractivity contribution is -0.119. The van der Waals surface area contributed by atoms with Gasteiger partial charge in [0.15, 0.2) is 0 Å². The molecule has 44 heavy (non-hydrogen) atoms. The molecule has 1 amide bonds. The first-order chi connectivity index (χ1) is 21.2. The number of aromatic nitrogens is 7. The molecule has 1 N–H and O–H groups in total. The Kier molecular flexibility index (Phi) is 7.99. The molecule has 5 aromatic rings. The van der Waals surface area contributed by atoms with Crippen LogP contribution in [0.25, 0.3) is 33.6 Å². The van der Waals surface area contributed by atoms with Crippen molar-refractivity contribution in [1.29, 1.82) is 0 Å². The fourth-order valence-corrected chi connectivity index (χ4v) is 5.97. The molecule has 1 aliphatic rings. The number of nitrogens with zero attached hydrogens (tertiary/aromatic N) is 7. The van der Waals surface area contributed by atoms with Crippen LogP contribution in [-0.4, -0.2) is 40.0 Å². The van der Waals surface area contributed by atoms with Gasteiger partial charge < -0.3 is 5.32 Å². The van der Waals surface area contributed by atoms with Crippen molar-refractivity contribution < 1.29 is 4.79 Å². The summed E-state index contributed by atoms with van der Waals surface area (Å²) in [5.74, 6) is 0.237. The number of aryl methyl sites for hydroxylation is 2. The maximum absolute atomic E-state index is 13.9. The van der Waals surface area contributed by atoms with Crippen molar-refractivity contribution in [2.24, 2.45) is 18.9 Å². The van der Waals surface area contributed by atoms with Gasteiger partial charge in [-0.1, -0.05) is 44.9 Å². The molecule has 226 valence electrons. The van der Waals surface area contributed by atoms with Crippen LogP contribution in [0.3, 0.4) is 0 Å². The predicted octanol–water partition coefficient (Wildman–Crippen LogP) is 5.88. The topological polar surface area (TPSA) is 113 Å². The fraction of sp³-hybridized carbons (Fsp3) is 0.353. The van der Waals surface area contributed by atoms with Crippen molar-refractivity contribution in [1.82, 2.24) is 34.1 Å². The second-order valence-corrected chi connectivity index (χ2v) is 12.3. The first kappa shape index (κ1) is 29.2. The van der Waals surface area contributed by atoms with Gasteiger partial charge in [-0.25, -0.2) is 4.98 Å². The van der Waals surface area contributed by atoms with Gasteiger partial charge in [0.2, 0.25) is 5.91 Å². The number of carbonyl (C=O) groups excluding carboxylic acids is 1. The molecule has 10 heteroatoms. The first-order valence-corrected chi connectivity index (χ1v) is 15.2. The number of carbonyl (C=O) groups is 1. The minimum atomic E-state index is -0.346. The minimum Gasteiger partial charge on any atom is -0.323 e. The Morgan fingerprint density at radius 3 is 2.61 bits per heavy atom. The highest BCUT2D eigenvalue weighted by atomic mass is 16.2. The molecule has 0 saturated heterocycles. The summed E-state index contributed by atoms with van der Waals surface area (Å²) >= 11 is 0. The summed E-state index contributed by atoms with van der Waals surface area (Å²) in [6.07, 6.45) is 11.0. The summed E-state index contributed by atoms with van der Waals surface area (Å²) in [6.45, 7) is 9.13. The maximum Gasteiger partial charge on any atom is 0.254 e. The zero-order valence-corrected chi connectivity index (χ0v) is 25.9. The number of fused-ring (bicyclic) bond motifs is 4. The van der Waals surface area contributed by atoms with Crippen molar-refractivity contribution in [2.75, 3.05) is 5.32 Å². The third kappa shape index (κ3) is 5.84. The molecule has 0 saturated carbocycles. The van der Waals surface area contributed by atoms with E-state index < -0.39 is 0 Å². The average Bonchev–Trinajstić information content (AvgIpc) is 3.60. The second kappa shape index (κ2) is 12.0. The third-order valence-corrected chi connectivity index (χ3v) is 8.27. The average molecular weight is 591 g/mol. The standard InChI is InChI=1S/C34H38N8O2/c1-21(2)18-41-19-25(16-38-41)26-10-9-22(3)13-27(26)28-15-32(43)42(20-36-28)31-8-6-7-23(4)34(44)39-30-17-37-40(5)33(30)24-11-12-35-29(31)14-24/h9-17,19-21,23,31H,6-8,18H2,1-5H3,(H,39,44)/t23-,31+/m1/s1. The molecule has 4 aromatic heterocycles. The Labute approximate surface area is 256 Å². The van der Waals surface area contributed by atoms with E-state index in [-0.39, 0.29) is 23.4 Å². The van der Waals surface area contributed by atoms with Gasteiger partial charge in [0.05, 0.1) is 47.5 Å². The van der Waals surface area contributed by atoms with Crippen LogP contribution in [0.15, 0.2) is 72.3 Å². The van der Waals surface area contributed by atoms with Crippen LogP contribution in [0.4, 0.5) is 5.69 Å². The van der Waals surface area contributed by atoms with Gasteiger partial charge in [-0.15, -0.1) is 0 Å². The van der Waals surface area contributed by atoms with E-state index in [1.165, 1.54) is 0 Å². The van der Waals surface area contributed by atoms with Crippen LogP contribution in [0.2, 0.25) is 0 Å². The first-order valence-electron chi connectivity index (χ1n) is 15.2. The normalized spacial score (nSPS) is 17.1. The SMILES string of the molecule is Cc1ccc(-c2cnn(CC(C)C)c2)c(-c2cc(=O)n([C@H]3CCC[C@@H](C)C(=O)Nc4cnn(C)c4-c4ccnc3c4)cn2)c1. The number of hydrogen-bond donors (Lipinski definition) is 1. The summed E-state index contributed by atoms with van der Waals surface area (Å²) in [4.78, 5) is 36.4. The van der Waals surface area contributed by atoms with Crippen LogP contribution >= 0.6 is 0 Å². The van der Waals surface area contributed by atoms with Crippen LogP contribution in [0, 0.1) is 18.8 Å². The van der Waals surface area contributed by atoms with Gasteiger partial charge in [-0.3, -0.25) is 28.5 Å². The zero-order chi connectivity index (χ0) is 31.0. The lowest BCUT2D eigenvalue weighted by Crippen LogP contribution is -2.27. The van der Waals surface area contributed by atoms with Gasteiger partial charge in [0.1, 0.15) is 0 Å². The number of pyridine rings is 1. The highest BCUT2D eigenvalue weighted by Gasteiger charge is 2.24. The molecule has 5 heterocycles. The molecule has 6 rings (SSSR count). The lowest BCUT2D eigenvalue weighted by atomic mass is 9.96. The molecule has 2 bridgehead atoms. The zero-order valence-electron chi connectivity index (χ0n) is 25.9. The van der Waals surface area contributed by atoms with E-state index in [0.29, 0.717) is 30.1 Å². The summed E-state index contributed by atoms with van der Waals surface area (Å²) in [5, 5.41) is 12.0. The molecule has 1 aromatic carbocycles. The fourth-order valence-electron chi connectivity index (χ4n) is 5.97. The van der Waals surface area contributed by atoms with Gasteiger partial charge in [-0.2, -0.15) is 10.2 Å². The van der Waals surface area contributed by atoms with Gasteiger partial charge >= 0.3 is 0 Å². The predicted molar refractivity (Wildman–Crippen MR) is 171 cm³/mol. The Morgan fingerprint density at radius 2 is 1.82 bits per heavy atom. The van der Waals surface area contributed by atoms with Gasteiger partial charge in [0.25, 0.3) is 5.56 Å². The maximum atomic E-state index is 13.9. The van der Waals surface area contributed by atoms with E-state index in [0.717, 1.165) is 52.2 Å². The van der Waals surface area contributed by atoms with E-state index in [4.69, 9.17) is 9.97 Å². The molecule has 0 fully saturated rings. The summed E-state index contributed by atoms with van der Waals surface area (Å²) in [5.41, 5.74) is 7.47. The smallest absolute Gasteiger partial charge is 0.254 e. The van der Waals surface area contributed by atoms with Crippen molar-refractivity contribution in [3.63, 3.8) is 0 Å². The monoisotopic (exact) mass is 590 g/mol. The van der Waals surface area contributed by atoms with E-state index in [1.807, 2.05) is 50.1 Å². The quantitative estimate of drug-likeness (QED) is 0.274. The summed E-state index contributed by atoms with van der Waals surface area (Å²) in [6, 6.07) is 11.4. The Bertz CT molecular complexity index is 1880. The van der Waals surface area contributed by atoms with Crippen molar-refractivity contribution >= 4 is 11.6 Å². The summed E-state index contributed by atoms with van der Waals surface area (Å²) < 4.78 is 5.37. The van der Waals surface area contributed by atoms with E-state index >= 15 is 0 Å². The number of amides is 1. The van der Waals surface area contributed by atoms with Crippen LogP contribution in [0.5, 0.6) is 0 Å². The molecule has 0 spiro atoms. The van der Waals surface area contributed by atoms with Crippen LogP contribution in [0.1, 0.15) is 57.3 Å². The number of benzene rings is 1. The van der Waals surface area contributed by atoms with Crippen LogP contribution < -0.4 is 10.9 Å². The Morgan fingerprint density at radius 1 is 0.977 bits per heavy atom. The van der Waals surface area contributed by atoms with Crippen molar-refractivity contribution in [3.05, 3.63) is 89.1 Å². The highest BCUT2D eigenvalue weighted by Crippen LogP contribution is 2.34. The molecule has 0 unspecified atom stereocenters. The van der Waals surface area contributed by atoms with Gasteiger partial charge in [0, 0.05) is 54.7 Å². The van der Waals surface area contributed by atoms with Gasteiger partial charge in [-0.05, 0) is 49.4 Å². The molecule has 0 aliphatic carbocycles. The molecular formula is C34H38N8O2. The van der Waals surface area contributed by atoms with E-state index in [9.17, 15) is 9.59 Å². The number of nitrogens with one attached hydrogen (secondary N) is 1. The van der Waals surface area contributed by atoms with E-state index in [1.54, 1.807) is 34.0 Å². The highest BCUT2D eigenvalue weighted by molar-refractivity contribution is 5.95. The minimum absolute atomic E-state index is 0.0439. The third-order valence-electron chi connectivity index (χ3n) is 8.27. The number of hydrogen-bond acceptors (Lipinski definition) is 6. The Hall–Kier alpha value is -4.86. The number of rotatable bonds is 5. The molecular weight excluding hydrogens is 552 g/mol. The molecule has 0 radical (unpaired) electrons. The summed E-state index contributed by atoms with van der Waals surface area (Å²) in [7, 11) is 1.85. The molecule has 2 atom stereocenters. The lowest BCUT2D eigenvalue weighted by Gasteiger charge is -2.22. The largest absolute Gasteiger partial charge is 0.323 e.